The molecule has 2 rings (SSSR count). The first-order valence-electron chi connectivity index (χ1n) is 6.98. The second-order valence-corrected chi connectivity index (χ2v) is 5.72. The first kappa shape index (κ1) is 17.1. The van der Waals surface area contributed by atoms with Crippen molar-refractivity contribution >= 4 is 27.8 Å². The second kappa shape index (κ2) is 8.43. The van der Waals surface area contributed by atoms with Gasteiger partial charge in [-0.15, -0.1) is 0 Å². The highest BCUT2D eigenvalue weighted by atomic mass is 79.9. The molecule has 0 spiro atoms. The van der Waals surface area contributed by atoms with E-state index in [4.69, 9.17) is 4.74 Å². The molecule has 2 aromatic carbocycles. The van der Waals surface area contributed by atoms with Gasteiger partial charge in [0.15, 0.2) is 0 Å². The smallest absolute Gasteiger partial charge is 0.307 e. The summed E-state index contributed by atoms with van der Waals surface area (Å²) in [4.78, 5) is 23.4. The molecule has 0 aliphatic carbocycles. The predicted molar refractivity (Wildman–Crippen MR) is 87.3 cm³/mol. The number of hydrogen-bond donors (Lipinski definition) is 1. The van der Waals surface area contributed by atoms with E-state index in [2.05, 4.69) is 21.2 Å². The fourth-order valence-electron chi connectivity index (χ4n) is 1.84. The van der Waals surface area contributed by atoms with Crippen molar-refractivity contribution in [1.29, 1.82) is 0 Å². The van der Waals surface area contributed by atoms with Gasteiger partial charge in [-0.3, -0.25) is 9.59 Å². The summed E-state index contributed by atoms with van der Waals surface area (Å²) in [5.74, 6) is -1.08. The lowest BCUT2D eigenvalue weighted by Crippen LogP contribution is -2.26. The van der Waals surface area contributed by atoms with Crippen LogP contribution in [0.1, 0.15) is 22.3 Å². The highest BCUT2D eigenvalue weighted by Gasteiger charge is 2.08. The number of rotatable bonds is 6. The zero-order valence-electron chi connectivity index (χ0n) is 12.2. The lowest BCUT2D eigenvalue weighted by molar-refractivity contribution is -0.144. The van der Waals surface area contributed by atoms with Crippen molar-refractivity contribution in [2.24, 2.45) is 0 Å². The molecule has 0 saturated heterocycles. The lowest BCUT2D eigenvalue weighted by Gasteiger charge is -2.07. The average molecular weight is 380 g/mol. The van der Waals surface area contributed by atoms with Gasteiger partial charge in [0, 0.05) is 16.6 Å². The van der Waals surface area contributed by atoms with E-state index in [1.54, 1.807) is 36.4 Å². The lowest BCUT2D eigenvalue weighted by atomic mass is 10.2. The average Bonchev–Trinajstić information content (AvgIpc) is 2.53. The van der Waals surface area contributed by atoms with Gasteiger partial charge in [-0.2, -0.15) is 0 Å². The number of carbonyl (C=O) groups is 2. The first-order chi connectivity index (χ1) is 11.0. The number of esters is 1. The van der Waals surface area contributed by atoms with Crippen LogP contribution >= 0.6 is 15.9 Å². The molecule has 0 atom stereocenters. The van der Waals surface area contributed by atoms with E-state index in [0.717, 1.165) is 4.47 Å². The minimum atomic E-state index is -0.453. The third-order valence-electron chi connectivity index (χ3n) is 3.01. The topological polar surface area (TPSA) is 55.4 Å². The van der Waals surface area contributed by atoms with E-state index < -0.39 is 5.97 Å². The Bertz CT molecular complexity index is 688. The number of carbonyl (C=O) groups excluding carboxylic acids is 2. The molecule has 0 unspecified atom stereocenters. The summed E-state index contributed by atoms with van der Waals surface area (Å²) in [6, 6.07) is 12.8. The summed E-state index contributed by atoms with van der Waals surface area (Å²) in [5.41, 5.74) is 1.10. The first-order valence-corrected chi connectivity index (χ1v) is 7.78. The molecule has 4 nitrogen and oxygen atoms in total. The van der Waals surface area contributed by atoms with Crippen molar-refractivity contribution in [1.82, 2.24) is 5.32 Å². The Labute approximate surface area is 141 Å². The van der Waals surface area contributed by atoms with Crippen molar-refractivity contribution in [3.63, 3.8) is 0 Å². The molecule has 0 heterocycles. The van der Waals surface area contributed by atoms with Gasteiger partial charge in [-0.1, -0.05) is 28.1 Å². The van der Waals surface area contributed by atoms with Gasteiger partial charge in [-0.25, -0.2) is 4.39 Å². The minimum absolute atomic E-state index is 0.0112. The second-order valence-electron chi connectivity index (χ2n) is 4.80. The fourth-order valence-corrected chi connectivity index (χ4v) is 2.11. The van der Waals surface area contributed by atoms with Crippen molar-refractivity contribution in [3.05, 3.63) is 69.9 Å². The molecule has 23 heavy (non-hydrogen) atoms. The molecule has 0 fully saturated rings. The number of nitrogens with one attached hydrogen (secondary N) is 1. The highest BCUT2D eigenvalue weighted by molar-refractivity contribution is 9.10. The van der Waals surface area contributed by atoms with Gasteiger partial charge in [0.2, 0.25) is 0 Å². The van der Waals surface area contributed by atoms with E-state index in [9.17, 15) is 14.0 Å². The van der Waals surface area contributed by atoms with Crippen LogP contribution in [-0.2, 0) is 16.1 Å². The summed E-state index contributed by atoms with van der Waals surface area (Å²) in [6.45, 7) is 0.189. The zero-order chi connectivity index (χ0) is 16.7. The SMILES string of the molecule is O=C(CCNC(=O)c1ccc(Br)cc1)OCc1cccc(F)c1. The number of halogens is 2. The zero-order valence-corrected chi connectivity index (χ0v) is 13.8. The maximum atomic E-state index is 13.0. The Balaban J connectivity index is 1.70. The summed E-state index contributed by atoms with van der Waals surface area (Å²) in [7, 11) is 0. The van der Waals surface area contributed by atoms with E-state index in [-0.39, 0.29) is 31.3 Å². The third-order valence-corrected chi connectivity index (χ3v) is 3.54. The Hall–Kier alpha value is -2.21. The summed E-state index contributed by atoms with van der Waals surface area (Å²) in [5, 5.41) is 2.64. The van der Waals surface area contributed by atoms with Gasteiger partial charge in [0.05, 0.1) is 6.42 Å². The third kappa shape index (κ3) is 5.83. The van der Waals surface area contributed by atoms with E-state index in [1.165, 1.54) is 12.1 Å². The number of ether oxygens (including phenoxy) is 1. The predicted octanol–water partition coefficient (Wildman–Crippen LogP) is 3.45. The Morgan fingerprint density at radius 1 is 1.13 bits per heavy atom. The van der Waals surface area contributed by atoms with Crippen LogP contribution in [0.4, 0.5) is 4.39 Å². The van der Waals surface area contributed by atoms with Gasteiger partial charge in [0.1, 0.15) is 12.4 Å². The standard InChI is InChI=1S/C17H15BrFNO3/c18-14-6-4-13(5-7-14)17(22)20-9-8-16(21)23-11-12-2-1-3-15(19)10-12/h1-7,10H,8-9,11H2,(H,20,22). The molecule has 0 bridgehead atoms. The molecular weight excluding hydrogens is 365 g/mol. The Kier molecular flexibility index (Phi) is 6.29. The van der Waals surface area contributed by atoms with Crippen LogP contribution in [-0.4, -0.2) is 18.4 Å². The van der Waals surface area contributed by atoms with Crippen LogP contribution in [0.15, 0.2) is 53.0 Å². The van der Waals surface area contributed by atoms with Crippen molar-refractivity contribution in [2.75, 3.05) is 6.54 Å². The molecule has 2 aromatic rings. The van der Waals surface area contributed by atoms with Crippen LogP contribution in [0.5, 0.6) is 0 Å². The highest BCUT2D eigenvalue weighted by Crippen LogP contribution is 2.10. The largest absolute Gasteiger partial charge is 0.461 e. The monoisotopic (exact) mass is 379 g/mol. The van der Waals surface area contributed by atoms with Crippen LogP contribution < -0.4 is 5.32 Å². The van der Waals surface area contributed by atoms with E-state index in [1.807, 2.05) is 0 Å². The Morgan fingerprint density at radius 3 is 2.57 bits per heavy atom. The summed E-state index contributed by atoms with van der Waals surface area (Å²) >= 11 is 3.29. The molecule has 6 heteroatoms. The molecule has 120 valence electrons. The molecule has 0 aromatic heterocycles. The summed E-state index contributed by atoms with van der Waals surface area (Å²) in [6.07, 6.45) is 0.0532. The molecular formula is C17H15BrFNO3. The molecule has 1 N–H and O–H groups in total. The maximum absolute atomic E-state index is 13.0. The molecule has 0 aliphatic heterocycles. The molecule has 0 saturated carbocycles. The number of amides is 1. The summed E-state index contributed by atoms with van der Waals surface area (Å²) < 4.78 is 18.9. The van der Waals surface area contributed by atoms with Crippen molar-refractivity contribution in [3.8, 4) is 0 Å². The van der Waals surface area contributed by atoms with Crippen molar-refractivity contribution < 1.29 is 18.7 Å². The van der Waals surface area contributed by atoms with Crippen LogP contribution in [0.2, 0.25) is 0 Å². The Morgan fingerprint density at radius 2 is 1.87 bits per heavy atom. The fraction of sp³-hybridized carbons (Fsp3) is 0.176. The number of hydrogen-bond acceptors (Lipinski definition) is 3. The molecule has 0 aliphatic rings. The molecule has 0 radical (unpaired) electrons. The van der Waals surface area contributed by atoms with Gasteiger partial charge in [-0.05, 0) is 42.0 Å². The van der Waals surface area contributed by atoms with Crippen LogP contribution in [0.25, 0.3) is 0 Å². The normalized spacial score (nSPS) is 10.2. The van der Waals surface area contributed by atoms with Gasteiger partial charge >= 0.3 is 5.97 Å². The molecule has 1 amide bonds. The van der Waals surface area contributed by atoms with Crippen LogP contribution in [0.3, 0.4) is 0 Å². The quantitative estimate of drug-likeness (QED) is 0.782. The van der Waals surface area contributed by atoms with E-state index >= 15 is 0 Å². The van der Waals surface area contributed by atoms with E-state index in [0.29, 0.717) is 11.1 Å². The maximum Gasteiger partial charge on any atom is 0.307 e. The van der Waals surface area contributed by atoms with Crippen LogP contribution in [0, 0.1) is 5.82 Å². The minimum Gasteiger partial charge on any atom is -0.461 e. The van der Waals surface area contributed by atoms with Crippen molar-refractivity contribution in [2.45, 2.75) is 13.0 Å². The van der Waals surface area contributed by atoms with Gasteiger partial charge < -0.3 is 10.1 Å². The number of benzene rings is 2. The van der Waals surface area contributed by atoms with Gasteiger partial charge in [0.25, 0.3) is 5.91 Å².